The van der Waals surface area contributed by atoms with E-state index in [9.17, 15) is 15.0 Å². The Labute approximate surface area is 203 Å². The number of aliphatic hydroxyl groups is 1. The molecule has 0 radical (unpaired) electrons. The van der Waals surface area contributed by atoms with Gasteiger partial charge in [-0.25, -0.2) is 0 Å². The van der Waals surface area contributed by atoms with Gasteiger partial charge in [-0.15, -0.1) is 0 Å². The Balaban J connectivity index is 1.57. The number of nitrogens with zero attached hydrogens (tertiary/aromatic N) is 2. The van der Waals surface area contributed by atoms with E-state index in [0.717, 1.165) is 22.3 Å². The summed E-state index contributed by atoms with van der Waals surface area (Å²) in [5.41, 5.74) is 5.76. The Kier molecular flexibility index (Phi) is 6.01. The molecule has 3 aromatic carbocycles. The SMILES string of the molecule is Cc1cc(C)c(O)c(-c2n[nH]c3c2C(c2cccc(OCc4ccccc4)c2)N(CCO)C3=O)c1. The van der Waals surface area contributed by atoms with E-state index in [4.69, 9.17) is 4.74 Å². The minimum atomic E-state index is -0.487. The minimum Gasteiger partial charge on any atom is -0.507 e. The first-order valence-corrected chi connectivity index (χ1v) is 11.5. The van der Waals surface area contributed by atoms with Crippen LogP contribution >= 0.6 is 0 Å². The molecule has 7 heteroatoms. The highest BCUT2D eigenvalue weighted by molar-refractivity contribution is 6.00. The number of hydrogen-bond acceptors (Lipinski definition) is 5. The summed E-state index contributed by atoms with van der Waals surface area (Å²) in [5, 5.41) is 27.9. The molecule has 0 fully saturated rings. The number of phenolic OH excluding ortho intramolecular Hbond substituents is 1. The molecule has 35 heavy (non-hydrogen) atoms. The number of phenols is 1. The number of amides is 1. The van der Waals surface area contributed by atoms with Gasteiger partial charge >= 0.3 is 0 Å². The summed E-state index contributed by atoms with van der Waals surface area (Å²) in [4.78, 5) is 14.9. The maximum absolute atomic E-state index is 13.3. The van der Waals surface area contributed by atoms with Crippen molar-refractivity contribution in [3.63, 3.8) is 0 Å². The van der Waals surface area contributed by atoms with Crippen molar-refractivity contribution < 1.29 is 19.7 Å². The highest BCUT2D eigenvalue weighted by Gasteiger charge is 2.42. The lowest BCUT2D eigenvalue weighted by Gasteiger charge is -2.26. The number of hydrogen-bond donors (Lipinski definition) is 3. The number of rotatable bonds is 7. The molecule has 3 N–H and O–H groups in total. The first-order chi connectivity index (χ1) is 17.0. The van der Waals surface area contributed by atoms with Crippen molar-refractivity contribution in [2.75, 3.05) is 13.2 Å². The molecule has 4 aromatic rings. The summed E-state index contributed by atoms with van der Waals surface area (Å²) in [7, 11) is 0. The molecule has 0 spiro atoms. The molecule has 1 atom stereocenters. The third-order valence-corrected chi connectivity index (χ3v) is 6.33. The largest absolute Gasteiger partial charge is 0.507 e. The van der Waals surface area contributed by atoms with Crippen LogP contribution < -0.4 is 4.74 Å². The van der Waals surface area contributed by atoms with Gasteiger partial charge in [-0.1, -0.05) is 48.5 Å². The van der Waals surface area contributed by atoms with Gasteiger partial charge in [0.05, 0.1) is 12.6 Å². The zero-order valence-corrected chi connectivity index (χ0v) is 19.7. The molecule has 7 nitrogen and oxygen atoms in total. The van der Waals surface area contributed by atoms with Gasteiger partial charge in [0.2, 0.25) is 0 Å². The number of aliphatic hydroxyl groups excluding tert-OH is 1. The third kappa shape index (κ3) is 4.15. The smallest absolute Gasteiger partial charge is 0.273 e. The molecule has 0 saturated heterocycles. The van der Waals surface area contributed by atoms with Crippen molar-refractivity contribution in [3.05, 3.63) is 100 Å². The molecule has 5 rings (SSSR count). The van der Waals surface area contributed by atoms with Crippen LogP contribution in [0.1, 0.15) is 44.3 Å². The summed E-state index contributed by atoms with van der Waals surface area (Å²) in [5.74, 6) is 0.574. The first-order valence-electron chi connectivity index (χ1n) is 11.5. The van der Waals surface area contributed by atoms with E-state index in [2.05, 4.69) is 10.2 Å². The van der Waals surface area contributed by atoms with Crippen LogP contribution in [-0.4, -0.2) is 44.4 Å². The number of β-amino-alcohol motifs (C(OH)–C–C–N with tert-alkyl or cyclic N) is 1. The molecule has 1 aliphatic rings. The zero-order chi connectivity index (χ0) is 24.5. The molecule has 1 aromatic heterocycles. The predicted octanol–water partition coefficient (Wildman–Crippen LogP) is 4.52. The van der Waals surface area contributed by atoms with E-state index in [1.54, 1.807) is 4.90 Å². The van der Waals surface area contributed by atoms with Crippen molar-refractivity contribution in [2.24, 2.45) is 0 Å². The standard InChI is InChI=1S/C28H27N3O4/c1-17-13-18(2)27(33)22(14-17)24-23-25(30-29-24)28(34)31(11-12-32)26(23)20-9-6-10-21(15-20)35-16-19-7-4-3-5-8-19/h3-10,13-15,26,32-33H,11-12,16H2,1-2H3,(H,29,30). The number of aryl methyl sites for hydroxylation is 2. The van der Waals surface area contributed by atoms with Crippen molar-refractivity contribution in [2.45, 2.75) is 26.5 Å². The van der Waals surface area contributed by atoms with E-state index < -0.39 is 6.04 Å². The van der Waals surface area contributed by atoms with Gasteiger partial charge in [-0.2, -0.15) is 5.10 Å². The Morgan fingerprint density at radius 2 is 1.86 bits per heavy atom. The van der Waals surface area contributed by atoms with Gasteiger partial charge in [0.25, 0.3) is 5.91 Å². The molecule has 0 aliphatic carbocycles. The summed E-state index contributed by atoms with van der Waals surface area (Å²) in [6.07, 6.45) is 0. The number of ether oxygens (including phenoxy) is 1. The molecular formula is C28H27N3O4. The number of benzene rings is 3. The second kappa shape index (κ2) is 9.27. The maximum atomic E-state index is 13.3. The van der Waals surface area contributed by atoms with Crippen molar-refractivity contribution >= 4 is 5.91 Å². The number of carbonyl (C=O) groups is 1. The van der Waals surface area contributed by atoms with Crippen molar-refractivity contribution in [3.8, 4) is 22.8 Å². The third-order valence-electron chi connectivity index (χ3n) is 6.33. The fourth-order valence-corrected chi connectivity index (χ4v) is 4.74. The molecule has 1 aliphatic heterocycles. The van der Waals surface area contributed by atoms with Crippen LogP contribution in [0.2, 0.25) is 0 Å². The number of nitrogens with one attached hydrogen (secondary N) is 1. The number of H-pyrrole nitrogens is 1. The Morgan fingerprint density at radius 3 is 2.63 bits per heavy atom. The quantitative estimate of drug-likeness (QED) is 0.370. The van der Waals surface area contributed by atoms with Crippen LogP contribution in [0, 0.1) is 13.8 Å². The Bertz CT molecular complexity index is 1380. The number of aromatic hydroxyl groups is 1. The number of fused-ring (bicyclic) bond motifs is 1. The van der Waals surface area contributed by atoms with Crippen molar-refractivity contribution in [1.29, 1.82) is 0 Å². The fraction of sp³-hybridized carbons (Fsp3) is 0.214. The fourth-order valence-electron chi connectivity index (χ4n) is 4.74. The van der Waals surface area contributed by atoms with E-state index in [1.165, 1.54) is 0 Å². The second-order valence-corrected chi connectivity index (χ2v) is 8.81. The van der Waals surface area contributed by atoms with E-state index >= 15 is 0 Å². The average Bonchev–Trinajstić information content (AvgIpc) is 3.40. The first kappa shape index (κ1) is 22.7. The molecule has 1 amide bonds. The number of aromatic nitrogens is 2. The monoisotopic (exact) mass is 469 g/mol. The van der Waals surface area contributed by atoms with Crippen LogP contribution in [0.4, 0.5) is 0 Å². The van der Waals surface area contributed by atoms with Gasteiger partial charge in [-0.05, 0) is 54.3 Å². The van der Waals surface area contributed by atoms with Crippen LogP contribution in [0.15, 0.2) is 66.7 Å². The average molecular weight is 470 g/mol. The molecule has 0 saturated carbocycles. The second-order valence-electron chi connectivity index (χ2n) is 8.81. The zero-order valence-electron chi connectivity index (χ0n) is 19.7. The van der Waals surface area contributed by atoms with E-state index in [-0.39, 0.29) is 24.8 Å². The summed E-state index contributed by atoms with van der Waals surface area (Å²) in [6, 6.07) is 20.8. The van der Waals surface area contributed by atoms with Gasteiger partial charge in [-0.3, -0.25) is 9.89 Å². The normalized spacial score (nSPS) is 14.9. The predicted molar refractivity (Wildman–Crippen MR) is 132 cm³/mol. The van der Waals surface area contributed by atoms with Crippen LogP contribution in [0.25, 0.3) is 11.3 Å². The van der Waals surface area contributed by atoms with E-state index in [1.807, 2.05) is 80.6 Å². The Hall–Kier alpha value is -4.10. The molecule has 1 unspecified atom stereocenters. The molecule has 2 heterocycles. The van der Waals surface area contributed by atoms with Gasteiger partial charge in [0.1, 0.15) is 29.5 Å². The topological polar surface area (TPSA) is 98.7 Å². The lowest BCUT2D eigenvalue weighted by molar-refractivity contribution is 0.0706. The van der Waals surface area contributed by atoms with Crippen LogP contribution in [0.5, 0.6) is 11.5 Å². The Morgan fingerprint density at radius 1 is 1.06 bits per heavy atom. The number of aromatic amines is 1. The molecular weight excluding hydrogens is 442 g/mol. The summed E-state index contributed by atoms with van der Waals surface area (Å²) >= 11 is 0. The number of carbonyl (C=O) groups excluding carboxylic acids is 1. The van der Waals surface area contributed by atoms with Gasteiger partial charge in [0.15, 0.2) is 0 Å². The van der Waals surface area contributed by atoms with Gasteiger partial charge < -0.3 is 19.8 Å². The molecule has 178 valence electrons. The molecule has 0 bridgehead atoms. The van der Waals surface area contributed by atoms with Crippen LogP contribution in [0.3, 0.4) is 0 Å². The van der Waals surface area contributed by atoms with E-state index in [0.29, 0.717) is 34.9 Å². The highest BCUT2D eigenvalue weighted by Crippen LogP contribution is 2.45. The summed E-state index contributed by atoms with van der Waals surface area (Å²) in [6.45, 7) is 4.21. The minimum absolute atomic E-state index is 0.136. The van der Waals surface area contributed by atoms with Crippen LogP contribution in [-0.2, 0) is 6.61 Å². The van der Waals surface area contributed by atoms with Crippen molar-refractivity contribution in [1.82, 2.24) is 15.1 Å². The maximum Gasteiger partial charge on any atom is 0.273 e. The van der Waals surface area contributed by atoms with Gasteiger partial charge in [0, 0.05) is 17.7 Å². The highest BCUT2D eigenvalue weighted by atomic mass is 16.5. The lowest BCUT2D eigenvalue weighted by atomic mass is 9.94. The lowest BCUT2D eigenvalue weighted by Crippen LogP contribution is -2.32. The summed E-state index contributed by atoms with van der Waals surface area (Å²) < 4.78 is 6.03.